The first-order valence-corrected chi connectivity index (χ1v) is 5.24. The van der Waals surface area contributed by atoms with E-state index in [1.165, 1.54) is 5.56 Å². The van der Waals surface area contributed by atoms with Crippen molar-refractivity contribution in [3.63, 3.8) is 0 Å². The summed E-state index contributed by atoms with van der Waals surface area (Å²) in [5.41, 5.74) is 8.44. The quantitative estimate of drug-likeness (QED) is 0.860. The van der Waals surface area contributed by atoms with Gasteiger partial charge in [-0.15, -0.1) is 12.4 Å². The van der Waals surface area contributed by atoms with Gasteiger partial charge in [0.2, 0.25) is 0 Å². The summed E-state index contributed by atoms with van der Waals surface area (Å²) in [6.45, 7) is 4.59. The number of halogens is 2. The van der Waals surface area contributed by atoms with Crippen LogP contribution < -0.4 is 5.73 Å². The van der Waals surface area contributed by atoms with Crippen molar-refractivity contribution in [2.24, 2.45) is 5.73 Å². The highest BCUT2D eigenvalue weighted by Gasteiger charge is 2.01. The lowest BCUT2D eigenvalue weighted by atomic mass is 9.99. The Balaban J connectivity index is 0.00000225. The molecule has 0 unspecified atom stereocenters. The molecule has 0 aromatic heterocycles. The number of nitrogens with two attached hydrogens (primary N) is 1. The monoisotopic (exact) mass is 243 g/mol. The van der Waals surface area contributed by atoms with Crippen molar-refractivity contribution in [3.8, 4) is 0 Å². The Morgan fingerprint density at radius 3 is 2.25 bits per heavy atom. The molecule has 0 aliphatic carbocycles. The minimum Gasteiger partial charge on any atom is -0.327 e. The number of rotatable bonds is 4. The lowest BCUT2D eigenvalue weighted by Crippen LogP contribution is -2.05. The van der Waals surface area contributed by atoms with E-state index < -0.39 is 0 Å². The minimum atomic E-state index is 0. The van der Waals surface area contributed by atoms with Gasteiger partial charge in [0, 0.05) is 6.54 Å². The van der Waals surface area contributed by atoms with Crippen molar-refractivity contribution >= 4 is 12.4 Å². The zero-order chi connectivity index (χ0) is 11.3. The van der Waals surface area contributed by atoms with Gasteiger partial charge in [-0.1, -0.05) is 38.1 Å². The van der Waals surface area contributed by atoms with E-state index in [9.17, 15) is 4.39 Å². The molecule has 3 heteroatoms. The Morgan fingerprint density at radius 2 is 1.88 bits per heavy atom. The first-order valence-electron chi connectivity index (χ1n) is 5.24. The Morgan fingerprint density at radius 1 is 1.31 bits per heavy atom. The SMILES string of the molecule is CC(C)c1ccc(C/C(=C\F)CN)cc1.Cl. The van der Waals surface area contributed by atoms with Gasteiger partial charge in [0.15, 0.2) is 0 Å². The van der Waals surface area contributed by atoms with Gasteiger partial charge in [0.1, 0.15) is 0 Å². The fourth-order valence-corrected chi connectivity index (χ4v) is 1.44. The molecule has 16 heavy (non-hydrogen) atoms. The molecule has 2 N–H and O–H groups in total. The van der Waals surface area contributed by atoms with E-state index in [1.54, 1.807) is 0 Å². The van der Waals surface area contributed by atoms with Gasteiger partial charge in [0.25, 0.3) is 0 Å². The van der Waals surface area contributed by atoms with Crippen molar-refractivity contribution in [3.05, 3.63) is 47.3 Å². The maximum absolute atomic E-state index is 12.3. The molecule has 1 aromatic carbocycles. The average molecular weight is 244 g/mol. The van der Waals surface area contributed by atoms with Crippen LogP contribution in [0.4, 0.5) is 4.39 Å². The number of hydrogen-bond donors (Lipinski definition) is 1. The normalized spacial score (nSPS) is 11.4. The zero-order valence-electron chi connectivity index (χ0n) is 9.74. The van der Waals surface area contributed by atoms with Crippen molar-refractivity contribution in [2.45, 2.75) is 26.2 Å². The van der Waals surface area contributed by atoms with Crippen LogP contribution in [0.3, 0.4) is 0 Å². The first-order chi connectivity index (χ1) is 7.17. The first kappa shape index (κ1) is 15.1. The number of hydrogen-bond acceptors (Lipinski definition) is 1. The van der Waals surface area contributed by atoms with Crippen LogP contribution >= 0.6 is 12.4 Å². The van der Waals surface area contributed by atoms with Crippen LogP contribution in [0.25, 0.3) is 0 Å². The van der Waals surface area contributed by atoms with Crippen LogP contribution in [-0.2, 0) is 6.42 Å². The molecule has 0 atom stereocenters. The van der Waals surface area contributed by atoms with E-state index >= 15 is 0 Å². The maximum Gasteiger partial charge on any atom is 0.0875 e. The summed E-state index contributed by atoms with van der Waals surface area (Å²) in [5, 5.41) is 0. The van der Waals surface area contributed by atoms with Gasteiger partial charge < -0.3 is 5.73 Å². The van der Waals surface area contributed by atoms with Crippen LogP contribution in [0.1, 0.15) is 30.9 Å². The Labute approximate surface area is 103 Å². The topological polar surface area (TPSA) is 26.0 Å². The summed E-state index contributed by atoms with van der Waals surface area (Å²) in [6, 6.07) is 8.25. The predicted molar refractivity (Wildman–Crippen MR) is 69.7 cm³/mol. The molecule has 0 amide bonds. The molecule has 0 radical (unpaired) electrons. The molecule has 0 aliphatic rings. The molecule has 0 heterocycles. The van der Waals surface area contributed by atoms with E-state index in [2.05, 4.69) is 26.0 Å². The van der Waals surface area contributed by atoms with Crippen LogP contribution in [0, 0.1) is 0 Å². The fourth-order valence-electron chi connectivity index (χ4n) is 1.44. The Kier molecular flexibility index (Phi) is 7.02. The number of benzene rings is 1. The van der Waals surface area contributed by atoms with E-state index in [0.717, 1.165) is 5.56 Å². The molecule has 0 bridgehead atoms. The van der Waals surface area contributed by atoms with Gasteiger partial charge in [0.05, 0.1) is 6.33 Å². The van der Waals surface area contributed by atoms with Crippen molar-refractivity contribution in [1.29, 1.82) is 0 Å². The molecule has 1 nitrogen and oxygen atoms in total. The van der Waals surface area contributed by atoms with Gasteiger partial charge in [-0.3, -0.25) is 0 Å². The van der Waals surface area contributed by atoms with E-state index in [4.69, 9.17) is 5.73 Å². The molecule has 0 fully saturated rings. The second-order valence-electron chi connectivity index (χ2n) is 4.04. The fraction of sp³-hybridized carbons (Fsp3) is 0.385. The molecule has 1 aromatic rings. The molecule has 0 aliphatic heterocycles. The van der Waals surface area contributed by atoms with E-state index in [0.29, 0.717) is 24.2 Å². The van der Waals surface area contributed by atoms with Crippen LogP contribution in [0.15, 0.2) is 36.2 Å². The zero-order valence-corrected chi connectivity index (χ0v) is 10.6. The van der Waals surface area contributed by atoms with Crippen molar-refractivity contribution in [2.75, 3.05) is 6.54 Å². The highest BCUT2D eigenvalue weighted by Crippen LogP contribution is 2.16. The third kappa shape index (κ3) is 4.33. The van der Waals surface area contributed by atoms with Gasteiger partial charge in [-0.2, -0.15) is 0 Å². The summed E-state index contributed by atoms with van der Waals surface area (Å²) in [4.78, 5) is 0. The molecular formula is C13H19ClFN. The molecule has 0 saturated carbocycles. The largest absolute Gasteiger partial charge is 0.327 e. The van der Waals surface area contributed by atoms with Gasteiger partial charge >= 0.3 is 0 Å². The molecule has 0 saturated heterocycles. The molecule has 90 valence electrons. The van der Waals surface area contributed by atoms with Crippen molar-refractivity contribution < 1.29 is 4.39 Å². The molecule has 1 rings (SSSR count). The summed E-state index contributed by atoms with van der Waals surface area (Å²) in [7, 11) is 0. The lowest BCUT2D eigenvalue weighted by Gasteiger charge is -2.07. The minimum absolute atomic E-state index is 0. The Bertz CT molecular complexity index is 330. The predicted octanol–water partition coefficient (Wildman–Crippen LogP) is 3.59. The Hall–Kier alpha value is -0.860. The molecule has 0 spiro atoms. The third-order valence-corrected chi connectivity index (χ3v) is 2.49. The second kappa shape index (κ2) is 7.42. The maximum atomic E-state index is 12.3. The van der Waals surface area contributed by atoms with E-state index in [1.807, 2.05) is 12.1 Å². The van der Waals surface area contributed by atoms with Gasteiger partial charge in [-0.05, 0) is 29.0 Å². The van der Waals surface area contributed by atoms with Gasteiger partial charge in [-0.25, -0.2) is 4.39 Å². The van der Waals surface area contributed by atoms with Crippen LogP contribution in [0.5, 0.6) is 0 Å². The third-order valence-electron chi connectivity index (χ3n) is 2.49. The highest BCUT2D eigenvalue weighted by atomic mass is 35.5. The summed E-state index contributed by atoms with van der Waals surface area (Å²) in [6.07, 6.45) is 1.21. The summed E-state index contributed by atoms with van der Waals surface area (Å²) < 4.78 is 12.3. The summed E-state index contributed by atoms with van der Waals surface area (Å²) >= 11 is 0. The standard InChI is InChI=1S/C13H18FN.ClH/c1-10(2)13-5-3-11(4-6-13)7-12(8-14)9-15;/h3-6,8,10H,7,9,15H2,1-2H3;1H/b12-8+;. The summed E-state index contributed by atoms with van der Waals surface area (Å²) in [5.74, 6) is 0.532. The van der Waals surface area contributed by atoms with Crippen LogP contribution in [0.2, 0.25) is 0 Å². The smallest absolute Gasteiger partial charge is 0.0875 e. The highest BCUT2D eigenvalue weighted by molar-refractivity contribution is 5.85. The lowest BCUT2D eigenvalue weighted by molar-refractivity contribution is 0.699. The van der Waals surface area contributed by atoms with E-state index in [-0.39, 0.29) is 19.0 Å². The average Bonchev–Trinajstić information content (AvgIpc) is 2.26. The molecular weight excluding hydrogens is 225 g/mol. The van der Waals surface area contributed by atoms with Crippen molar-refractivity contribution in [1.82, 2.24) is 0 Å². The second-order valence-corrected chi connectivity index (χ2v) is 4.04. The van der Waals surface area contributed by atoms with Crippen LogP contribution in [-0.4, -0.2) is 6.54 Å².